The lowest BCUT2D eigenvalue weighted by atomic mass is 9.96. The Bertz CT molecular complexity index is 1240. The lowest BCUT2D eigenvalue weighted by Crippen LogP contribution is -2.49. The number of rotatable bonds is 7. The fourth-order valence-electron chi connectivity index (χ4n) is 5.02. The van der Waals surface area contributed by atoms with Crippen molar-refractivity contribution >= 4 is 27.6 Å². The van der Waals surface area contributed by atoms with Crippen LogP contribution < -0.4 is 4.90 Å². The lowest BCUT2D eigenvalue weighted by molar-refractivity contribution is -0.149. The van der Waals surface area contributed by atoms with Crippen molar-refractivity contribution in [3.05, 3.63) is 41.1 Å². The van der Waals surface area contributed by atoms with Gasteiger partial charge in [-0.1, -0.05) is 12.1 Å². The molecule has 202 valence electrons. The van der Waals surface area contributed by atoms with Gasteiger partial charge in [-0.2, -0.15) is 9.40 Å². The predicted octanol–water partition coefficient (Wildman–Crippen LogP) is 2.45. The minimum atomic E-state index is -3.97. The van der Waals surface area contributed by atoms with Gasteiger partial charge in [0, 0.05) is 57.7 Å². The molecule has 3 heterocycles. The number of piperazine rings is 1. The highest BCUT2D eigenvalue weighted by atomic mass is 32.2. The van der Waals surface area contributed by atoms with E-state index in [1.165, 1.54) is 26.3 Å². The van der Waals surface area contributed by atoms with Crippen LogP contribution in [0.4, 0.5) is 5.69 Å². The number of aryl methyl sites for hydroxylation is 2. The summed E-state index contributed by atoms with van der Waals surface area (Å²) in [4.78, 5) is 29.3. The maximum Gasteiger partial charge on any atom is 0.309 e. The molecule has 0 bridgehead atoms. The fourth-order valence-corrected chi connectivity index (χ4v) is 6.54. The number of likely N-dealkylation sites (tertiary alicyclic amines) is 1. The quantitative estimate of drug-likeness (QED) is 0.506. The zero-order valence-corrected chi connectivity index (χ0v) is 23.0. The van der Waals surface area contributed by atoms with Gasteiger partial charge >= 0.3 is 5.97 Å². The van der Waals surface area contributed by atoms with E-state index in [2.05, 4.69) is 36.0 Å². The van der Waals surface area contributed by atoms with Gasteiger partial charge in [-0.25, -0.2) is 8.42 Å². The molecule has 2 aliphatic rings. The normalized spacial score (nSPS) is 17.7. The van der Waals surface area contributed by atoms with E-state index in [1.807, 2.05) is 13.0 Å². The van der Waals surface area contributed by atoms with Crippen molar-refractivity contribution in [3.8, 4) is 0 Å². The third-order valence-corrected chi connectivity index (χ3v) is 9.26. The summed E-state index contributed by atoms with van der Waals surface area (Å²) in [5, 5.41) is 4.13. The Kier molecular flexibility index (Phi) is 8.23. The summed E-state index contributed by atoms with van der Waals surface area (Å²) < 4.78 is 35.4. The number of carbonyl (C=O) groups is 2. The van der Waals surface area contributed by atoms with Crippen LogP contribution in [0.1, 0.15) is 48.2 Å². The summed E-state index contributed by atoms with van der Waals surface area (Å²) in [5.74, 6) is -0.842. The first-order valence-electron chi connectivity index (χ1n) is 13.0. The third kappa shape index (κ3) is 5.52. The van der Waals surface area contributed by atoms with E-state index in [4.69, 9.17) is 4.74 Å². The highest BCUT2D eigenvalue weighted by molar-refractivity contribution is 7.89. The van der Waals surface area contributed by atoms with E-state index in [9.17, 15) is 18.0 Å². The lowest BCUT2D eigenvalue weighted by Gasteiger charge is -2.36. The van der Waals surface area contributed by atoms with E-state index in [0.717, 1.165) is 5.69 Å². The molecular weight excluding hydrogens is 494 g/mol. The molecule has 0 saturated carbocycles. The van der Waals surface area contributed by atoms with Crippen LogP contribution in [0.3, 0.4) is 0 Å². The average molecular weight is 532 g/mol. The Hall–Kier alpha value is -2.92. The van der Waals surface area contributed by atoms with Gasteiger partial charge in [0.1, 0.15) is 0 Å². The highest BCUT2D eigenvalue weighted by Gasteiger charge is 2.37. The average Bonchev–Trinajstić information content (AvgIpc) is 3.36. The molecule has 11 heteroatoms. The van der Waals surface area contributed by atoms with E-state index in [1.54, 1.807) is 11.8 Å². The Balaban J connectivity index is 1.49. The number of amides is 1. The Morgan fingerprint density at radius 2 is 1.70 bits per heavy atom. The maximum absolute atomic E-state index is 13.7. The van der Waals surface area contributed by atoms with Crippen molar-refractivity contribution in [2.24, 2.45) is 5.92 Å². The molecule has 0 N–H and O–H groups in total. The second kappa shape index (κ2) is 11.2. The maximum atomic E-state index is 13.7. The summed E-state index contributed by atoms with van der Waals surface area (Å²) in [5.41, 5.74) is 3.61. The summed E-state index contributed by atoms with van der Waals surface area (Å²) >= 11 is 0. The molecule has 10 nitrogen and oxygen atoms in total. The summed E-state index contributed by atoms with van der Waals surface area (Å²) in [7, 11) is -3.97. The largest absolute Gasteiger partial charge is 0.466 e. The molecule has 2 aromatic rings. The first-order chi connectivity index (χ1) is 17.7. The summed E-state index contributed by atoms with van der Waals surface area (Å²) in [6.45, 7) is 11.0. The van der Waals surface area contributed by atoms with Gasteiger partial charge in [0.15, 0.2) is 0 Å². The van der Waals surface area contributed by atoms with Crippen molar-refractivity contribution < 1.29 is 22.7 Å². The third-order valence-electron chi connectivity index (χ3n) is 7.42. The molecule has 0 spiro atoms. The van der Waals surface area contributed by atoms with Gasteiger partial charge in [0.05, 0.1) is 18.1 Å². The molecule has 37 heavy (non-hydrogen) atoms. The summed E-state index contributed by atoms with van der Waals surface area (Å²) in [6, 6.07) is 6.16. The zero-order valence-electron chi connectivity index (χ0n) is 22.1. The molecular formula is C26H37N5O5S. The Labute approximate surface area is 219 Å². The van der Waals surface area contributed by atoms with Gasteiger partial charge in [0.2, 0.25) is 5.03 Å². The predicted molar refractivity (Wildman–Crippen MR) is 140 cm³/mol. The Morgan fingerprint density at radius 3 is 2.32 bits per heavy atom. The molecule has 0 atom stereocenters. The number of benzene rings is 1. The molecule has 0 radical (unpaired) electrons. The number of aromatic nitrogens is 2. The standard InChI is InChI=1S/C26H37N5O5S/c1-5-30-18-22(25(32)29-12-10-21(11-13-29)26(33)36-6-2)24(27-30)37(34,35)31-16-14-28(15-17-31)23-9-7-8-19(3)20(23)4/h7-9,18,21H,5-6,10-17H2,1-4H3. The minimum absolute atomic E-state index is 0.0911. The number of sulfonamides is 1. The smallest absolute Gasteiger partial charge is 0.309 e. The van der Waals surface area contributed by atoms with Crippen molar-refractivity contribution in [2.45, 2.75) is 52.1 Å². The molecule has 2 fully saturated rings. The van der Waals surface area contributed by atoms with Crippen LogP contribution in [0, 0.1) is 19.8 Å². The van der Waals surface area contributed by atoms with Crippen LogP contribution in [0.5, 0.6) is 0 Å². The van der Waals surface area contributed by atoms with Gasteiger partial charge in [-0.05, 0) is 57.7 Å². The van der Waals surface area contributed by atoms with Gasteiger partial charge < -0.3 is 14.5 Å². The van der Waals surface area contributed by atoms with Crippen molar-refractivity contribution in [3.63, 3.8) is 0 Å². The minimum Gasteiger partial charge on any atom is -0.466 e. The number of hydrogen-bond acceptors (Lipinski definition) is 7. The molecule has 4 rings (SSSR count). The first-order valence-corrected chi connectivity index (χ1v) is 14.5. The molecule has 1 aromatic heterocycles. The molecule has 0 unspecified atom stereocenters. The molecule has 1 amide bonds. The monoisotopic (exact) mass is 531 g/mol. The SMILES string of the molecule is CCOC(=O)C1CCN(C(=O)c2cn(CC)nc2S(=O)(=O)N2CCN(c3cccc(C)c3C)CC2)CC1. The van der Waals surface area contributed by atoms with Crippen LogP contribution >= 0.6 is 0 Å². The number of anilines is 1. The van der Waals surface area contributed by atoms with Crippen LogP contribution in [0.2, 0.25) is 0 Å². The van der Waals surface area contributed by atoms with Crippen LogP contribution in [-0.2, 0) is 26.1 Å². The van der Waals surface area contributed by atoms with E-state index in [-0.39, 0.29) is 28.4 Å². The van der Waals surface area contributed by atoms with Crippen LogP contribution in [0.15, 0.2) is 29.4 Å². The second-order valence-electron chi connectivity index (χ2n) is 9.63. The molecule has 2 saturated heterocycles. The number of piperidine rings is 1. The van der Waals surface area contributed by atoms with E-state index < -0.39 is 10.0 Å². The zero-order chi connectivity index (χ0) is 26.7. The van der Waals surface area contributed by atoms with Crippen molar-refractivity contribution in [1.82, 2.24) is 19.0 Å². The Morgan fingerprint density at radius 1 is 1.03 bits per heavy atom. The number of esters is 1. The van der Waals surface area contributed by atoms with Crippen LogP contribution in [-0.4, -0.2) is 85.2 Å². The number of ether oxygens (including phenoxy) is 1. The first kappa shape index (κ1) is 27.1. The van der Waals surface area contributed by atoms with Crippen molar-refractivity contribution in [1.29, 1.82) is 0 Å². The topological polar surface area (TPSA) is 105 Å². The summed E-state index contributed by atoms with van der Waals surface area (Å²) in [6.07, 6.45) is 2.52. The van der Waals surface area contributed by atoms with Gasteiger partial charge in [-0.15, -0.1) is 0 Å². The van der Waals surface area contributed by atoms with E-state index >= 15 is 0 Å². The number of carbonyl (C=O) groups excluding carboxylic acids is 2. The van der Waals surface area contributed by atoms with E-state index in [0.29, 0.717) is 65.3 Å². The molecule has 2 aliphatic heterocycles. The van der Waals surface area contributed by atoms with Gasteiger partial charge in [-0.3, -0.25) is 14.3 Å². The van der Waals surface area contributed by atoms with Crippen molar-refractivity contribution in [2.75, 3.05) is 50.8 Å². The second-order valence-corrected chi connectivity index (χ2v) is 11.5. The fraction of sp³-hybridized carbons (Fsp3) is 0.577. The highest BCUT2D eigenvalue weighted by Crippen LogP contribution is 2.28. The molecule has 0 aliphatic carbocycles. The van der Waals surface area contributed by atoms with Gasteiger partial charge in [0.25, 0.3) is 15.9 Å². The van der Waals surface area contributed by atoms with Crippen LogP contribution in [0.25, 0.3) is 0 Å². The number of hydrogen-bond donors (Lipinski definition) is 0. The number of nitrogens with zero attached hydrogens (tertiary/aromatic N) is 5. The molecule has 1 aromatic carbocycles.